The van der Waals surface area contributed by atoms with Gasteiger partial charge in [0.25, 0.3) is 5.69 Å². The van der Waals surface area contributed by atoms with Gasteiger partial charge in [-0.3, -0.25) is 10.1 Å². The van der Waals surface area contributed by atoms with Crippen LogP contribution in [0, 0.1) is 21.4 Å². The van der Waals surface area contributed by atoms with Crippen molar-refractivity contribution in [2.24, 2.45) is 0 Å². The largest absolute Gasteiger partial charge is 1.00 e. The van der Waals surface area contributed by atoms with Crippen molar-refractivity contribution in [1.82, 2.24) is 0 Å². The van der Waals surface area contributed by atoms with Crippen LogP contribution < -0.4 is 44.7 Å². The number of rotatable bonds is 9. The van der Waals surface area contributed by atoms with Gasteiger partial charge in [-0.1, -0.05) is 11.6 Å². The molecule has 0 aliphatic rings. The quantitative estimate of drug-likeness (QED) is 0.320. The smallest absolute Gasteiger partial charge is 0.548 e. The molecule has 1 atom stereocenters. The van der Waals surface area contributed by atoms with E-state index < -0.39 is 23.5 Å². The summed E-state index contributed by atoms with van der Waals surface area (Å²) in [5.41, 5.74) is 0.343. The first kappa shape index (κ1) is 24.7. The van der Waals surface area contributed by atoms with Crippen molar-refractivity contribution in [2.45, 2.75) is 13.0 Å². The second-order valence-electron chi connectivity index (χ2n) is 5.73. The molecule has 2 rings (SSSR count). The maximum Gasteiger partial charge on any atom is 1.00 e. The van der Waals surface area contributed by atoms with Crippen LogP contribution in [0.25, 0.3) is 0 Å². The van der Waals surface area contributed by atoms with Crippen molar-refractivity contribution in [3.8, 4) is 17.6 Å². The Balaban J connectivity index is 0.00000420. The number of aliphatic carboxylic acids is 1. The summed E-state index contributed by atoms with van der Waals surface area (Å²) in [5, 5.41) is 33.6. The van der Waals surface area contributed by atoms with E-state index in [9.17, 15) is 20.0 Å². The molecule has 2 aromatic rings. The van der Waals surface area contributed by atoms with Crippen LogP contribution in [0.4, 0.5) is 11.4 Å². The summed E-state index contributed by atoms with van der Waals surface area (Å²) < 4.78 is 10.6. The van der Waals surface area contributed by atoms with E-state index in [1.165, 1.54) is 36.4 Å². The van der Waals surface area contributed by atoms with E-state index in [2.05, 4.69) is 5.32 Å². The number of nitrogens with zero attached hydrogens (tertiary/aromatic N) is 2. The summed E-state index contributed by atoms with van der Waals surface area (Å²) in [6.07, 6.45) is 0. The van der Waals surface area contributed by atoms with Gasteiger partial charge in [0.1, 0.15) is 17.2 Å². The van der Waals surface area contributed by atoms with Crippen molar-refractivity contribution in [2.75, 3.05) is 18.5 Å². The van der Waals surface area contributed by atoms with Gasteiger partial charge in [-0.25, -0.2) is 0 Å². The number of carboxylic acids is 1. The molecule has 0 heterocycles. The topological polar surface area (TPSA) is 138 Å². The van der Waals surface area contributed by atoms with Crippen LogP contribution in [-0.2, 0) is 9.53 Å². The number of nitro groups is 1. The number of carbonyl (C=O) groups is 1. The number of halogens is 1. The van der Waals surface area contributed by atoms with Gasteiger partial charge < -0.3 is 24.7 Å². The third-order valence-electron chi connectivity index (χ3n) is 3.44. The van der Waals surface area contributed by atoms with Crippen LogP contribution >= 0.6 is 11.6 Å². The molecule has 0 fully saturated rings. The zero-order valence-corrected chi connectivity index (χ0v) is 18.4. The molecule has 1 N–H and O–H groups in total. The molecular weight excluding hydrogens is 413 g/mol. The first-order chi connectivity index (χ1) is 13.3. The van der Waals surface area contributed by atoms with E-state index in [0.29, 0.717) is 5.56 Å². The van der Waals surface area contributed by atoms with Gasteiger partial charge >= 0.3 is 29.6 Å². The molecule has 2 aromatic carbocycles. The number of carboxylic acid groups (broad SMARTS) is 1. The van der Waals surface area contributed by atoms with Crippen LogP contribution in [-0.4, -0.2) is 30.1 Å². The van der Waals surface area contributed by atoms with Crippen molar-refractivity contribution in [3.63, 3.8) is 0 Å². The third kappa shape index (κ3) is 7.53. The summed E-state index contributed by atoms with van der Waals surface area (Å²) in [5.74, 6) is -0.791. The molecule has 11 heteroatoms. The van der Waals surface area contributed by atoms with Gasteiger partial charge in [-0.05, 0) is 31.2 Å². The van der Waals surface area contributed by atoms with Crippen LogP contribution in [0.2, 0.25) is 5.02 Å². The number of nitrogens with one attached hydrogen (secondary N) is 1. The van der Waals surface area contributed by atoms with Gasteiger partial charge in [0.15, 0.2) is 0 Å². The molecule has 0 aliphatic heterocycles. The van der Waals surface area contributed by atoms with Crippen molar-refractivity contribution in [1.29, 1.82) is 5.26 Å². The summed E-state index contributed by atoms with van der Waals surface area (Å²) in [6, 6.07) is 10.1. The Hall–Kier alpha value is -2.35. The molecule has 0 saturated heterocycles. The Labute approximate surface area is 193 Å². The third-order valence-corrected chi connectivity index (χ3v) is 3.74. The van der Waals surface area contributed by atoms with Gasteiger partial charge in [0.05, 0.1) is 40.8 Å². The summed E-state index contributed by atoms with van der Waals surface area (Å²) in [6.45, 7) is 1.09. The van der Waals surface area contributed by atoms with E-state index in [0.717, 1.165) is 0 Å². The minimum Gasteiger partial charge on any atom is -0.548 e. The Morgan fingerprint density at radius 2 is 2.07 bits per heavy atom. The van der Waals surface area contributed by atoms with E-state index in [-0.39, 0.29) is 64.1 Å². The number of nitro benzene ring substituents is 1. The van der Waals surface area contributed by atoms with Gasteiger partial charge in [-0.2, -0.15) is 5.26 Å². The molecule has 1 unspecified atom stereocenters. The Morgan fingerprint density at radius 1 is 1.34 bits per heavy atom. The molecule has 29 heavy (non-hydrogen) atoms. The fraction of sp³-hybridized carbons (Fsp3) is 0.222. The maximum atomic E-state index is 11.3. The second kappa shape index (κ2) is 11.6. The van der Waals surface area contributed by atoms with Crippen molar-refractivity contribution < 1.29 is 53.9 Å². The Bertz CT molecular complexity index is 934. The molecule has 146 valence electrons. The zero-order chi connectivity index (χ0) is 20.7. The minimum atomic E-state index is -1.35. The van der Waals surface area contributed by atoms with Crippen LogP contribution in [0.15, 0.2) is 36.4 Å². The Kier molecular flexibility index (Phi) is 9.88. The van der Waals surface area contributed by atoms with Crippen LogP contribution in [0.3, 0.4) is 0 Å². The number of hydrogen-bond donors (Lipinski definition) is 1. The molecule has 0 bridgehead atoms. The van der Waals surface area contributed by atoms with E-state index >= 15 is 0 Å². The standard InChI is InChI=1S/C18H16ClN3O6.Na/c1-11(9-27-10-18(23)24)21-15-7-13(3-4-16(15)22(25)26)28-17-5-2-12(8-20)6-14(17)19;/h2-7,11,21H,9-10H2,1H3,(H,23,24);/q;+1/p-1. The number of ether oxygens (including phenoxy) is 2. The maximum absolute atomic E-state index is 11.3. The van der Waals surface area contributed by atoms with Crippen LogP contribution in [0.5, 0.6) is 11.5 Å². The monoisotopic (exact) mass is 427 g/mol. The van der Waals surface area contributed by atoms with E-state index in [1.54, 1.807) is 6.92 Å². The van der Waals surface area contributed by atoms with E-state index in [4.69, 9.17) is 26.3 Å². The average Bonchev–Trinajstić information content (AvgIpc) is 2.63. The predicted octanol–water partition coefficient (Wildman–Crippen LogP) is -0.517. The molecule has 0 spiro atoms. The fourth-order valence-electron chi connectivity index (χ4n) is 2.26. The van der Waals surface area contributed by atoms with Gasteiger partial charge in [0, 0.05) is 18.2 Å². The number of hydrogen-bond acceptors (Lipinski definition) is 8. The molecule has 9 nitrogen and oxygen atoms in total. The minimum absolute atomic E-state index is 0. The first-order valence-electron chi connectivity index (χ1n) is 8.00. The fourth-order valence-corrected chi connectivity index (χ4v) is 2.48. The zero-order valence-electron chi connectivity index (χ0n) is 15.7. The molecule has 0 radical (unpaired) electrons. The normalized spacial score (nSPS) is 10.9. The summed E-state index contributed by atoms with van der Waals surface area (Å²) in [7, 11) is 0. The SMILES string of the molecule is CC(COCC(=O)[O-])Nc1cc(Oc2ccc(C#N)cc2Cl)ccc1[N+](=O)[O-].[Na+]. The molecule has 0 saturated carbocycles. The summed E-state index contributed by atoms with van der Waals surface area (Å²) >= 11 is 6.08. The van der Waals surface area contributed by atoms with Crippen LogP contribution in [0.1, 0.15) is 12.5 Å². The van der Waals surface area contributed by atoms with Crippen molar-refractivity contribution in [3.05, 3.63) is 57.1 Å². The number of benzene rings is 2. The first-order valence-corrected chi connectivity index (χ1v) is 8.38. The van der Waals surface area contributed by atoms with Crippen molar-refractivity contribution >= 4 is 28.9 Å². The number of anilines is 1. The molecule has 0 aliphatic carbocycles. The van der Waals surface area contributed by atoms with Gasteiger partial charge in [0.2, 0.25) is 0 Å². The number of carbonyl (C=O) groups excluding carboxylic acids is 1. The molecule has 0 amide bonds. The van der Waals surface area contributed by atoms with E-state index in [1.807, 2.05) is 6.07 Å². The summed E-state index contributed by atoms with van der Waals surface area (Å²) in [4.78, 5) is 21.1. The predicted molar refractivity (Wildman–Crippen MR) is 98.2 cm³/mol. The molecule has 0 aromatic heterocycles. The number of nitriles is 1. The average molecular weight is 428 g/mol. The molecular formula is C18H15ClN3NaO6. The van der Waals surface area contributed by atoms with Gasteiger partial charge in [-0.15, -0.1) is 0 Å². The second-order valence-corrected chi connectivity index (χ2v) is 6.13. The Morgan fingerprint density at radius 3 is 2.66 bits per heavy atom.